The summed E-state index contributed by atoms with van der Waals surface area (Å²) in [5.41, 5.74) is 29.0. The number of rotatable bonds is 0. The first-order chi connectivity index (χ1) is 37.7. The van der Waals surface area contributed by atoms with Crippen LogP contribution in [0, 0.1) is 83.1 Å². The van der Waals surface area contributed by atoms with Crippen molar-refractivity contribution in [1.29, 1.82) is 0 Å². The van der Waals surface area contributed by atoms with Crippen LogP contribution in [-0.4, -0.2) is 39.9 Å². The Morgan fingerprint density at radius 3 is 1.26 bits per heavy atom. The van der Waals surface area contributed by atoms with Crippen molar-refractivity contribution < 1.29 is 0 Å². The standard InChI is InChI=1S/4C10H11N.2C9H10N2.6C2H6/c2*1-7-8(2)11-6-9-4-3-5-10(7)9;2*1-7-6-9-4-3-5-10(9)11-8(7)2;2*1-6-7(2)11-9-5-3-4-8(9)10-6;6*1-2/h3,5-6H,4H2,1-2H3;3-4,6H,5H2,1-2H3;3,5-6H,4H2,1-2H3;3-4,6H,5H2,1-2H3;2*3-4H,5H2,1-2H3;6*1-2H3. The lowest BCUT2D eigenvalue weighted by Gasteiger charge is -2.05. The number of hydrogen-bond acceptors (Lipinski definition) is 8. The molecule has 6 heterocycles. The summed E-state index contributed by atoms with van der Waals surface area (Å²) in [6.45, 7) is 48.7. The molecule has 8 nitrogen and oxygen atoms in total. The van der Waals surface area contributed by atoms with Gasteiger partial charge in [0.05, 0.1) is 56.9 Å². The third-order valence-electron chi connectivity index (χ3n) is 13.1. The molecule has 0 saturated heterocycles. The number of aromatic nitrogens is 8. The van der Waals surface area contributed by atoms with E-state index >= 15 is 0 Å². The normalized spacial score (nSPS) is 12.0. The van der Waals surface area contributed by atoms with Crippen molar-refractivity contribution in [2.75, 3.05) is 0 Å². The maximum absolute atomic E-state index is 4.49. The van der Waals surface area contributed by atoms with E-state index in [9.17, 15) is 0 Å². The maximum atomic E-state index is 4.49. The van der Waals surface area contributed by atoms with Crippen LogP contribution >= 0.6 is 0 Å². The minimum atomic E-state index is 0.948. The highest BCUT2D eigenvalue weighted by Crippen LogP contribution is 2.25. The van der Waals surface area contributed by atoms with Crippen molar-refractivity contribution in [1.82, 2.24) is 39.9 Å². The topological polar surface area (TPSA) is 103 Å². The van der Waals surface area contributed by atoms with Crippen molar-refractivity contribution in [3.63, 3.8) is 0 Å². The van der Waals surface area contributed by atoms with E-state index in [4.69, 9.17) is 0 Å². The summed E-state index contributed by atoms with van der Waals surface area (Å²) in [7, 11) is 0. The number of hydrogen-bond donors (Lipinski definition) is 0. The van der Waals surface area contributed by atoms with Gasteiger partial charge in [-0.1, -0.05) is 144 Å². The van der Waals surface area contributed by atoms with E-state index in [2.05, 4.69) is 168 Å². The molecule has 78 heavy (non-hydrogen) atoms. The monoisotopic (exact) mass is 1050 g/mol. The minimum Gasteiger partial charge on any atom is -0.261 e. The van der Waals surface area contributed by atoms with Crippen LogP contribution in [0.2, 0.25) is 0 Å². The molecule has 0 fully saturated rings. The Hall–Kier alpha value is -6.80. The van der Waals surface area contributed by atoms with E-state index in [1.807, 2.05) is 135 Å². The van der Waals surface area contributed by atoms with E-state index in [0.29, 0.717) is 0 Å². The summed E-state index contributed by atoms with van der Waals surface area (Å²) in [6.07, 6.45) is 35.6. The first kappa shape index (κ1) is 69.2. The van der Waals surface area contributed by atoms with Gasteiger partial charge in [-0.15, -0.1) is 0 Å². The Bertz CT molecular complexity index is 2730. The van der Waals surface area contributed by atoms with E-state index in [1.54, 1.807) is 0 Å². The number of aryl methyl sites for hydroxylation is 10. The summed E-state index contributed by atoms with van der Waals surface area (Å²) in [6, 6.07) is 4.44. The lowest BCUT2D eigenvalue weighted by molar-refractivity contribution is 0.977. The van der Waals surface area contributed by atoms with Gasteiger partial charge in [0, 0.05) is 54.4 Å². The zero-order chi connectivity index (χ0) is 59.1. The fraction of sp³-hybridized carbons (Fsp3) is 0.429. The summed E-state index contributed by atoms with van der Waals surface area (Å²) >= 11 is 0. The Morgan fingerprint density at radius 1 is 0.295 bits per heavy atom. The van der Waals surface area contributed by atoms with Crippen LogP contribution < -0.4 is 0 Å². The molecule has 420 valence electrons. The van der Waals surface area contributed by atoms with Gasteiger partial charge in [0.2, 0.25) is 0 Å². The van der Waals surface area contributed by atoms with Crippen LogP contribution in [-0.2, 0) is 38.5 Å². The van der Waals surface area contributed by atoms with Crippen molar-refractivity contribution in [3.8, 4) is 0 Å². The Balaban J connectivity index is 0.000000450. The fourth-order valence-corrected chi connectivity index (χ4v) is 8.20. The molecule has 0 N–H and O–H groups in total. The second-order valence-electron chi connectivity index (χ2n) is 17.8. The highest BCUT2D eigenvalue weighted by atomic mass is 14.8. The predicted molar refractivity (Wildman–Crippen MR) is 342 cm³/mol. The number of nitrogens with zero attached hydrogens (tertiary/aromatic N) is 8. The van der Waals surface area contributed by atoms with Gasteiger partial charge in [0.25, 0.3) is 0 Å². The van der Waals surface area contributed by atoms with Crippen LogP contribution in [0.5, 0.6) is 0 Å². The number of allylic oxidation sites excluding steroid dienone is 6. The highest BCUT2D eigenvalue weighted by Gasteiger charge is 2.13. The average Bonchev–Trinajstić information content (AvgIpc) is 4.36. The predicted octanol–water partition coefficient (Wildman–Crippen LogP) is 18.6. The van der Waals surface area contributed by atoms with Crippen LogP contribution in [0.3, 0.4) is 0 Å². The molecule has 0 spiro atoms. The van der Waals surface area contributed by atoms with Crippen LogP contribution in [0.1, 0.15) is 218 Å². The second-order valence-corrected chi connectivity index (χ2v) is 17.8. The minimum absolute atomic E-state index is 0.948. The molecule has 6 aromatic heterocycles. The summed E-state index contributed by atoms with van der Waals surface area (Å²) in [5.74, 6) is 0. The Kier molecular flexibility index (Phi) is 32.9. The first-order valence-corrected chi connectivity index (χ1v) is 29.2. The molecular formula is C70H100N8. The molecule has 0 atom stereocenters. The molecule has 0 amide bonds. The molecule has 0 radical (unpaired) electrons. The number of pyridine rings is 4. The zero-order valence-electron chi connectivity index (χ0n) is 53.1. The van der Waals surface area contributed by atoms with E-state index in [1.165, 1.54) is 61.3 Å². The first-order valence-electron chi connectivity index (χ1n) is 29.2. The maximum Gasteiger partial charge on any atom is 0.0848 e. The summed E-state index contributed by atoms with van der Waals surface area (Å²) in [4.78, 5) is 35.2. The summed E-state index contributed by atoms with van der Waals surface area (Å²) < 4.78 is 0. The van der Waals surface area contributed by atoms with Crippen LogP contribution in [0.25, 0.3) is 36.5 Å². The molecule has 0 unspecified atom stereocenters. The Morgan fingerprint density at radius 2 is 0.679 bits per heavy atom. The lowest BCUT2D eigenvalue weighted by atomic mass is 10.0. The fourth-order valence-electron chi connectivity index (χ4n) is 8.20. The quantitative estimate of drug-likeness (QED) is 0.148. The van der Waals surface area contributed by atoms with E-state index in [0.717, 1.165) is 113 Å². The van der Waals surface area contributed by atoms with Gasteiger partial charge in [-0.3, -0.25) is 29.9 Å². The van der Waals surface area contributed by atoms with E-state index < -0.39 is 0 Å². The Labute approximate surface area is 475 Å². The van der Waals surface area contributed by atoms with Gasteiger partial charge in [0.1, 0.15) is 0 Å². The smallest absolute Gasteiger partial charge is 0.0848 e. The van der Waals surface area contributed by atoms with Gasteiger partial charge < -0.3 is 0 Å². The molecule has 0 bridgehead atoms. The van der Waals surface area contributed by atoms with Gasteiger partial charge in [-0.25, -0.2) is 9.97 Å². The SMILES string of the molecule is CC.CC.CC.CC.CC.CC.Cc1cc2c(nc1C)C=CC2.Cc1cc2c(nc1C)CC=C2.Cc1nc2c(nc1C)CC=C2.Cc1nc2c(nc1C)CC=C2.Cc1ncc2c(c1C)C=CC2.Cc1ncc2c(c1C)CC=C2. The van der Waals surface area contributed by atoms with Gasteiger partial charge in [-0.2, -0.15) is 0 Å². The number of fused-ring (bicyclic) bond motifs is 6. The lowest BCUT2D eigenvalue weighted by Crippen LogP contribution is -1.98. The molecule has 0 aromatic carbocycles. The molecular weight excluding hydrogens is 953 g/mol. The van der Waals surface area contributed by atoms with E-state index in [-0.39, 0.29) is 0 Å². The third kappa shape index (κ3) is 19.9. The van der Waals surface area contributed by atoms with Gasteiger partial charge in [-0.05, 0) is 182 Å². The van der Waals surface area contributed by atoms with Crippen LogP contribution in [0.15, 0.2) is 61.0 Å². The molecule has 0 aliphatic heterocycles. The van der Waals surface area contributed by atoms with Gasteiger partial charge in [0.15, 0.2) is 0 Å². The molecule has 0 saturated carbocycles. The molecule has 12 rings (SSSR count). The average molecular weight is 1050 g/mol. The van der Waals surface area contributed by atoms with Crippen molar-refractivity contribution >= 4 is 36.5 Å². The van der Waals surface area contributed by atoms with Crippen molar-refractivity contribution in [2.45, 2.75) is 205 Å². The molecule has 6 aromatic rings. The van der Waals surface area contributed by atoms with Crippen molar-refractivity contribution in [3.05, 3.63) is 196 Å². The van der Waals surface area contributed by atoms with Crippen molar-refractivity contribution in [2.24, 2.45) is 0 Å². The largest absolute Gasteiger partial charge is 0.261 e. The third-order valence-corrected chi connectivity index (χ3v) is 13.1. The summed E-state index contributed by atoms with van der Waals surface area (Å²) in [5, 5.41) is 0. The second kappa shape index (κ2) is 37.1. The van der Waals surface area contributed by atoms with Gasteiger partial charge >= 0.3 is 0 Å². The molecule has 6 aliphatic carbocycles. The van der Waals surface area contributed by atoms with Crippen LogP contribution in [0.4, 0.5) is 0 Å². The molecule has 8 heteroatoms. The molecule has 6 aliphatic rings. The zero-order valence-corrected chi connectivity index (χ0v) is 53.1. The highest BCUT2D eigenvalue weighted by molar-refractivity contribution is 5.64.